The molecule has 41 heavy (non-hydrogen) atoms. The molecule has 2 aromatic heterocycles. The molecule has 7 rings (SSSR count). The van der Waals surface area contributed by atoms with Crippen LogP contribution in [0.2, 0.25) is 0 Å². The fourth-order valence-electron chi connectivity index (χ4n) is 7.81. The number of para-hydroxylation sites is 2. The average Bonchev–Trinajstić information content (AvgIpc) is 3.70. The molecule has 4 fully saturated rings. The number of ether oxygens (including phenoxy) is 2. The van der Waals surface area contributed by atoms with E-state index in [1.165, 1.54) is 36.7 Å². The monoisotopic (exact) mass is 566 g/mol. The number of morpholine rings is 2. The Balaban J connectivity index is 1.06. The molecule has 2 unspecified atom stereocenters. The van der Waals surface area contributed by atoms with Gasteiger partial charge in [-0.1, -0.05) is 18.6 Å². The number of hydrogen-bond acceptors (Lipinski definition) is 7. The van der Waals surface area contributed by atoms with Crippen LogP contribution in [0.25, 0.3) is 16.9 Å². The first-order valence-corrected chi connectivity index (χ1v) is 15.4. The predicted octanol–water partition coefficient (Wildman–Crippen LogP) is 5.05. The van der Waals surface area contributed by atoms with Gasteiger partial charge < -0.3 is 14.4 Å². The summed E-state index contributed by atoms with van der Waals surface area (Å²) in [5.74, 6) is 3.28. The van der Waals surface area contributed by atoms with E-state index in [1.807, 2.05) is 24.3 Å². The smallest absolute Gasteiger partial charge is 0.296 e. The standard InChI is InChI=1S/C31H40F2N6O2/c32-29(33)30-35-26-6-1-2-7-27(26)39(30)28-20-24(34-31(36-28)38-10-14-41-15-11-38)5-3-4-21-16-22-18-25(19-23(22)17-21)37-8-12-40-13-9-37/h1-2,6-7,20-23,25,29H,3-5,8-19H2/t21?,22-,23+,25?. The summed E-state index contributed by atoms with van der Waals surface area (Å²) in [5, 5.41) is 0. The lowest BCUT2D eigenvalue weighted by Crippen LogP contribution is -2.42. The Hall–Kier alpha value is -2.69. The molecule has 3 aromatic rings. The van der Waals surface area contributed by atoms with Crippen molar-refractivity contribution in [1.82, 2.24) is 24.4 Å². The SMILES string of the molecule is FC(F)c1nc2ccccc2n1-c1cc(CCCC2C[C@@H]3CC(N4CCOCC4)C[C@@H]3C2)nc(N2CCOCC2)n1. The van der Waals surface area contributed by atoms with Gasteiger partial charge in [-0.3, -0.25) is 9.47 Å². The summed E-state index contributed by atoms with van der Waals surface area (Å²) in [6.45, 7) is 6.53. The predicted molar refractivity (Wildman–Crippen MR) is 153 cm³/mol. The van der Waals surface area contributed by atoms with E-state index in [2.05, 4.69) is 14.8 Å². The molecule has 4 heterocycles. The number of alkyl halides is 2. The number of fused-ring (bicyclic) bond motifs is 2. The highest BCUT2D eigenvalue weighted by Crippen LogP contribution is 2.49. The van der Waals surface area contributed by atoms with Crippen LogP contribution >= 0.6 is 0 Å². The lowest BCUT2D eigenvalue weighted by Gasteiger charge is -2.32. The van der Waals surface area contributed by atoms with Crippen LogP contribution in [-0.2, 0) is 15.9 Å². The van der Waals surface area contributed by atoms with Crippen molar-refractivity contribution in [2.75, 3.05) is 57.5 Å². The molecule has 1 aromatic carbocycles. The first-order chi connectivity index (χ1) is 20.1. The maximum absolute atomic E-state index is 14.1. The number of nitrogens with zero attached hydrogens (tertiary/aromatic N) is 6. The van der Waals surface area contributed by atoms with Crippen molar-refractivity contribution in [2.45, 2.75) is 57.4 Å². The van der Waals surface area contributed by atoms with Gasteiger partial charge in [0.25, 0.3) is 6.43 Å². The molecule has 2 aliphatic carbocycles. The molecule has 2 saturated heterocycles. The lowest BCUT2D eigenvalue weighted by atomic mass is 9.95. The maximum atomic E-state index is 14.1. The number of anilines is 1. The molecule has 8 nitrogen and oxygen atoms in total. The van der Waals surface area contributed by atoms with Gasteiger partial charge in [0.05, 0.1) is 37.5 Å². The number of aryl methyl sites for hydroxylation is 1. The lowest BCUT2D eigenvalue weighted by molar-refractivity contribution is 0.0159. The van der Waals surface area contributed by atoms with E-state index in [9.17, 15) is 8.78 Å². The summed E-state index contributed by atoms with van der Waals surface area (Å²) in [7, 11) is 0. The minimum absolute atomic E-state index is 0.281. The van der Waals surface area contributed by atoms with Crippen molar-refractivity contribution in [3.63, 3.8) is 0 Å². The Morgan fingerprint density at radius 1 is 0.854 bits per heavy atom. The second kappa shape index (κ2) is 11.9. The molecular weight excluding hydrogens is 526 g/mol. The van der Waals surface area contributed by atoms with Crippen molar-refractivity contribution < 1.29 is 18.3 Å². The van der Waals surface area contributed by atoms with Crippen molar-refractivity contribution in [3.8, 4) is 5.82 Å². The summed E-state index contributed by atoms with van der Waals surface area (Å²) >= 11 is 0. The molecule has 10 heteroatoms. The van der Waals surface area contributed by atoms with Gasteiger partial charge in [0.1, 0.15) is 5.82 Å². The van der Waals surface area contributed by atoms with Gasteiger partial charge in [-0.15, -0.1) is 0 Å². The van der Waals surface area contributed by atoms with Gasteiger partial charge in [0, 0.05) is 44.0 Å². The quantitative estimate of drug-likeness (QED) is 0.378. The molecule has 2 saturated carbocycles. The second-order valence-corrected chi connectivity index (χ2v) is 12.2. The van der Waals surface area contributed by atoms with Crippen LogP contribution in [0.5, 0.6) is 0 Å². The fourth-order valence-corrected chi connectivity index (χ4v) is 7.81. The zero-order chi connectivity index (χ0) is 27.8. The van der Waals surface area contributed by atoms with E-state index in [4.69, 9.17) is 19.4 Å². The molecular formula is C31H40F2N6O2. The Morgan fingerprint density at radius 2 is 1.56 bits per heavy atom. The Bertz CT molecular complexity index is 1330. The molecule has 4 aliphatic rings. The highest BCUT2D eigenvalue weighted by molar-refractivity contribution is 5.78. The van der Waals surface area contributed by atoms with Gasteiger partial charge >= 0.3 is 0 Å². The highest BCUT2D eigenvalue weighted by Gasteiger charge is 2.43. The number of hydrogen-bond donors (Lipinski definition) is 0. The van der Waals surface area contributed by atoms with E-state index in [1.54, 1.807) is 6.07 Å². The van der Waals surface area contributed by atoms with E-state index >= 15 is 0 Å². The van der Waals surface area contributed by atoms with E-state index in [0.717, 1.165) is 68.6 Å². The van der Waals surface area contributed by atoms with Gasteiger partial charge in [-0.2, -0.15) is 4.98 Å². The Labute approximate surface area is 240 Å². The van der Waals surface area contributed by atoms with Gasteiger partial charge in [0.2, 0.25) is 5.95 Å². The molecule has 4 atom stereocenters. The number of benzene rings is 1. The molecule has 0 amide bonds. The van der Waals surface area contributed by atoms with E-state index in [0.29, 0.717) is 49.1 Å². The molecule has 0 bridgehead atoms. The summed E-state index contributed by atoms with van der Waals surface area (Å²) in [6.07, 6.45) is 5.73. The number of aromatic nitrogens is 4. The zero-order valence-electron chi connectivity index (χ0n) is 23.6. The van der Waals surface area contributed by atoms with Gasteiger partial charge in [0.15, 0.2) is 5.82 Å². The van der Waals surface area contributed by atoms with Gasteiger partial charge in [-0.05, 0) is 68.4 Å². The van der Waals surface area contributed by atoms with Crippen LogP contribution in [0.15, 0.2) is 30.3 Å². The minimum Gasteiger partial charge on any atom is -0.379 e. The number of halogens is 2. The third kappa shape index (κ3) is 5.70. The summed E-state index contributed by atoms with van der Waals surface area (Å²) < 4.78 is 40.9. The largest absolute Gasteiger partial charge is 0.379 e. The second-order valence-electron chi connectivity index (χ2n) is 12.2. The van der Waals surface area contributed by atoms with E-state index < -0.39 is 6.43 Å². The molecule has 0 radical (unpaired) electrons. The average molecular weight is 567 g/mol. The van der Waals surface area contributed by atoms with Crippen LogP contribution < -0.4 is 4.90 Å². The third-order valence-corrected chi connectivity index (χ3v) is 9.75. The Kier molecular flexibility index (Phi) is 7.88. The zero-order valence-corrected chi connectivity index (χ0v) is 23.6. The highest BCUT2D eigenvalue weighted by atomic mass is 19.3. The van der Waals surface area contributed by atoms with Crippen LogP contribution in [0.3, 0.4) is 0 Å². The van der Waals surface area contributed by atoms with Crippen molar-refractivity contribution in [2.24, 2.45) is 17.8 Å². The van der Waals surface area contributed by atoms with Crippen LogP contribution in [0.1, 0.15) is 56.5 Å². The van der Waals surface area contributed by atoms with Crippen LogP contribution in [0, 0.1) is 17.8 Å². The first kappa shape index (κ1) is 27.2. The van der Waals surface area contributed by atoms with Gasteiger partial charge in [-0.25, -0.2) is 18.7 Å². The van der Waals surface area contributed by atoms with Crippen molar-refractivity contribution in [3.05, 3.63) is 41.9 Å². The summed E-state index contributed by atoms with van der Waals surface area (Å²) in [5.41, 5.74) is 2.08. The molecule has 0 N–H and O–H groups in total. The fraction of sp³-hybridized carbons (Fsp3) is 0.645. The van der Waals surface area contributed by atoms with Crippen LogP contribution in [-0.4, -0.2) is 83.1 Å². The van der Waals surface area contributed by atoms with E-state index in [-0.39, 0.29) is 5.82 Å². The van der Waals surface area contributed by atoms with Crippen LogP contribution in [0.4, 0.5) is 14.7 Å². The topological polar surface area (TPSA) is 68.5 Å². The molecule has 2 aliphatic heterocycles. The summed E-state index contributed by atoms with van der Waals surface area (Å²) in [6, 6.07) is 9.90. The van der Waals surface area contributed by atoms with Crippen molar-refractivity contribution >= 4 is 17.0 Å². The molecule has 220 valence electrons. The Morgan fingerprint density at radius 3 is 2.29 bits per heavy atom. The number of imidazole rings is 1. The number of rotatable bonds is 8. The maximum Gasteiger partial charge on any atom is 0.296 e. The minimum atomic E-state index is -2.71. The summed E-state index contributed by atoms with van der Waals surface area (Å²) in [4.78, 5) is 18.7. The molecule has 0 spiro atoms. The normalized spacial score (nSPS) is 27.2. The van der Waals surface area contributed by atoms with Crippen molar-refractivity contribution in [1.29, 1.82) is 0 Å². The third-order valence-electron chi connectivity index (χ3n) is 9.75. The first-order valence-electron chi connectivity index (χ1n) is 15.4.